The van der Waals surface area contributed by atoms with Crippen LogP contribution in [0.25, 0.3) is 10.8 Å². The molecule has 0 aliphatic carbocycles. The fourth-order valence-electron chi connectivity index (χ4n) is 4.87. The minimum absolute atomic E-state index is 0.290. The number of amides is 3. The highest BCUT2D eigenvalue weighted by Gasteiger charge is 2.39. The number of aryl methyl sites for hydroxylation is 2. The zero-order valence-electron chi connectivity index (χ0n) is 26.1. The van der Waals surface area contributed by atoms with E-state index >= 15 is 0 Å². The van der Waals surface area contributed by atoms with Gasteiger partial charge in [-0.25, -0.2) is 4.79 Å². The van der Waals surface area contributed by atoms with E-state index in [1.54, 1.807) is 37.4 Å². The molecule has 226 valence electrons. The Morgan fingerprint density at radius 2 is 1.67 bits per heavy atom. The standard InChI is InChI=1S/C34H45N3O4S/c1-9-24(4)37(32(39)29(18-19-42-8)36-33(40)41-34(5,6)7)30(28-20-22(2)14-15-23(28)3)31(38)35-27-17-16-25-12-10-11-13-26(25)21-27/h10-17,20-21,24,29-30H,9,18-19H2,1-8H3,(H,35,38)(H,36,40). The first kappa shape index (κ1) is 33.0. The van der Waals surface area contributed by atoms with Gasteiger partial charge < -0.3 is 20.3 Å². The summed E-state index contributed by atoms with van der Waals surface area (Å²) in [6.07, 6.45) is 2.32. The lowest BCUT2D eigenvalue weighted by molar-refractivity contribution is -0.143. The number of fused-ring (bicyclic) bond motifs is 1. The van der Waals surface area contributed by atoms with Crippen molar-refractivity contribution in [3.63, 3.8) is 0 Å². The van der Waals surface area contributed by atoms with Gasteiger partial charge >= 0.3 is 6.09 Å². The van der Waals surface area contributed by atoms with Crippen molar-refractivity contribution in [2.45, 2.75) is 85.0 Å². The zero-order valence-corrected chi connectivity index (χ0v) is 26.9. The van der Waals surface area contributed by atoms with E-state index in [1.807, 2.05) is 94.6 Å². The predicted molar refractivity (Wildman–Crippen MR) is 174 cm³/mol. The third kappa shape index (κ3) is 8.74. The van der Waals surface area contributed by atoms with Crippen LogP contribution >= 0.6 is 11.8 Å². The van der Waals surface area contributed by atoms with E-state index in [0.717, 1.165) is 27.5 Å². The number of rotatable bonds is 11. The van der Waals surface area contributed by atoms with E-state index in [4.69, 9.17) is 4.74 Å². The number of nitrogens with one attached hydrogen (secondary N) is 2. The van der Waals surface area contributed by atoms with Gasteiger partial charge in [0, 0.05) is 11.7 Å². The van der Waals surface area contributed by atoms with Crippen LogP contribution in [0.5, 0.6) is 0 Å². The van der Waals surface area contributed by atoms with Crippen LogP contribution in [0.3, 0.4) is 0 Å². The highest BCUT2D eigenvalue weighted by atomic mass is 32.2. The summed E-state index contributed by atoms with van der Waals surface area (Å²) in [5, 5.41) is 7.99. The zero-order chi connectivity index (χ0) is 31.0. The first-order valence-corrected chi connectivity index (χ1v) is 15.9. The van der Waals surface area contributed by atoms with Crippen molar-refractivity contribution in [3.8, 4) is 0 Å². The van der Waals surface area contributed by atoms with E-state index in [-0.39, 0.29) is 17.9 Å². The Morgan fingerprint density at radius 3 is 2.31 bits per heavy atom. The summed E-state index contributed by atoms with van der Waals surface area (Å²) in [6, 6.07) is 17.6. The SMILES string of the molecule is CCC(C)N(C(=O)C(CCSC)NC(=O)OC(C)(C)C)C(C(=O)Nc1ccc2ccccc2c1)c1cc(C)ccc1C. The summed E-state index contributed by atoms with van der Waals surface area (Å²) < 4.78 is 5.50. The van der Waals surface area contributed by atoms with Gasteiger partial charge in [-0.2, -0.15) is 11.8 Å². The molecule has 0 fully saturated rings. The predicted octanol–water partition coefficient (Wildman–Crippen LogP) is 7.41. The molecule has 42 heavy (non-hydrogen) atoms. The summed E-state index contributed by atoms with van der Waals surface area (Å²) in [6.45, 7) is 13.2. The van der Waals surface area contributed by atoms with Gasteiger partial charge in [0.2, 0.25) is 5.91 Å². The first-order valence-electron chi connectivity index (χ1n) is 14.5. The smallest absolute Gasteiger partial charge is 0.408 e. The largest absolute Gasteiger partial charge is 0.444 e. The number of thioether (sulfide) groups is 1. The second kappa shape index (κ2) is 14.6. The number of ether oxygens (including phenoxy) is 1. The summed E-state index contributed by atoms with van der Waals surface area (Å²) >= 11 is 1.59. The van der Waals surface area contributed by atoms with Gasteiger partial charge in [-0.05, 0) is 100 Å². The number of hydrogen-bond acceptors (Lipinski definition) is 5. The van der Waals surface area contributed by atoms with E-state index in [2.05, 4.69) is 10.6 Å². The molecule has 0 aliphatic rings. The molecule has 3 unspecified atom stereocenters. The Bertz CT molecular complexity index is 1400. The molecule has 2 N–H and O–H groups in total. The molecule has 7 nitrogen and oxygen atoms in total. The topological polar surface area (TPSA) is 87.7 Å². The van der Waals surface area contributed by atoms with Crippen molar-refractivity contribution in [2.75, 3.05) is 17.3 Å². The van der Waals surface area contributed by atoms with Gasteiger partial charge in [0.1, 0.15) is 17.7 Å². The molecule has 0 bridgehead atoms. The number of hydrogen-bond donors (Lipinski definition) is 2. The Morgan fingerprint density at radius 1 is 0.976 bits per heavy atom. The molecule has 0 radical (unpaired) electrons. The lowest BCUT2D eigenvalue weighted by Crippen LogP contribution is -2.55. The van der Waals surface area contributed by atoms with Crippen LogP contribution in [0.15, 0.2) is 60.7 Å². The number of anilines is 1. The number of benzene rings is 3. The van der Waals surface area contributed by atoms with Crippen molar-refractivity contribution < 1.29 is 19.1 Å². The van der Waals surface area contributed by atoms with Crippen LogP contribution in [0.2, 0.25) is 0 Å². The maximum atomic E-state index is 14.5. The lowest BCUT2D eigenvalue weighted by atomic mass is 9.94. The van der Waals surface area contributed by atoms with E-state index in [1.165, 1.54) is 0 Å². The summed E-state index contributed by atoms with van der Waals surface area (Å²) in [4.78, 5) is 43.2. The normalized spacial score (nSPS) is 13.6. The molecule has 0 saturated heterocycles. The Labute approximate surface area is 254 Å². The average Bonchev–Trinajstić information content (AvgIpc) is 2.93. The van der Waals surface area contributed by atoms with Gasteiger partial charge in [-0.15, -0.1) is 0 Å². The second-order valence-corrected chi connectivity index (χ2v) is 12.8. The number of alkyl carbamates (subject to hydrolysis) is 1. The van der Waals surface area contributed by atoms with Crippen molar-refractivity contribution >= 4 is 46.1 Å². The molecule has 0 aromatic heterocycles. The molecule has 0 heterocycles. The van der Waals surface area contributed by atoms with Crippen LogP contribution in [0.4, 0.5) is 10.5 Å². The van der Waals surface area contributed by atoms with Crippen LogP contribution in [0, 0.1) is 13.8 Å². The van der Waals surface area contributed by atoms with Gasteiger partial charge in [0.15, 0.2) is 0 Å². The Balaban J connectivity index is 2.08. The van der Waals surface area contributed by atoms with Crippen LogP contribution in [-0.2, 0) is 14.3 Å². The van der Waals surface area contributed by atoms with E-state index < -0.39 is 23.8 Å². The minimum Gasteiger partial charge on any atom is -0.444 e. The van der Waals surface area contributed by atoms with Crippen molar-refractivity contribution in [1.82, 2.24) is 10.2 Å². The fraction of sp³-hybridized carbons (Fsp3) is 0.441. The molecule has 3 rings (SSSR count). The van der Waals surface area contributed by atoms with Crippen molar-refractivity contribution in [2.24, 2.45) is 0 Å². The second-order valence-electron chi connectivity index (χ2n) is 11.8. The quantitative estimate of drug-likeness (QED) is 0.242. The first-order chi connectivity index (χ1) is 19.8. The van der Waals surface area contributed by atoms with E-state index in [0.29, 0.717) is 24.3 Å². The summed E-state index contributed by atoms with van der Waals surface area (Å²) in [5.41, 5.74) is 2.58. The van der Waals surface area contributed by atoms with Gasteiger partial charge in [0.05, 0.1) is 0 Å². The van der Waals surface area contributed by atoms with Gasteiger partial charge in [-0.1, -0.05) is 61.0 Å². The number of nitrogens with zero attached hydrogens (tertiary/aromatic N) is 1. The number of carbonyl (C=O) groups is 3. The molecular formula is C34H45N3O4S. The molecular weight excluding hydrogens is 546 g/mol. The molecule has 0 saturated carbocycles. The van der Waals surface area contributed by atoms with Gasteiger partial charge in [0.25, 0.3) is 5.91 Å². The molecule has 0 spiro atoms. The fourth-order valence-corrected chi connectivity index (χ4v) is 5.34. The molecule has 3 aromatic carbocycles. The van der Waals surface area contributed by atoms with Crippen LogP contribution in [-0.4, -0.2) is 52.5 Å². The average molecular weight is 592 g/mol. The molecule has 8 heteroatoms. The Hall–Kier alpha value is -3.52. The monoisotopic (exact) mass is 591 g/mol. The van der Waals surface area contributed by atoms with E-state index in [9.17, 15) is 14.4 Å². The van der Waals surface area contributed by atoms with Crippen LogP contribution < -0.4 is 10.6 Å². The molecule has 3 aromatic rings. The summed E-state index contributed by atoms with van der Waals surface area (Å²) in [7, 11) is 0. The van der Waals surface area contributed by atoms with Gasteiger partial charge in [-0.3, -0.25) is 9.59 Å². The van der Waals surface area contributed by atoms with Crippen molar-refractivity contribution in [1.29, 1.82) is 0 Å². The summed E-state index contributed by atoms with van der Waals surface area (Å²) in [5.74, 6) is 0.0233. The highest BCUT2D eigenvalue weighted by Crippen LogP contribution is 2.31. The maximum absolute atomic E-state index is 14.5. The molecule has 0 aliphatic heterocycles. The highest BCUT2D eigenvalue weighted by molar-refractivity contribution is 7.98. The lowest BCUT2D eigenvalue weighted by Gasteiger charge is -2.39. The maximum Gasteiger partial charge on any atom is 0.408 e. The minimum atomic E-state index is -0.920. The molecule has 3 atom stereocenters. The van der Waals surface area contributed by atoms with Crippen molar-refractivity contribution in [3.05, 3.63) is 77.4 Å². The third-order valence-corrected chi connectivity index (χ3v) is 7.84. The van der Waals surface area contributed by atoms with Crippen LogP contribution in [0.1, 0.15) is 70.2 Å². The Kier molecular flexibility index (Phi) is 11.5. The number of carbonyl (C=O) groups excluding carboxylic acids is 3. The molecule has 3 amide bonds. The third-order valence-electron chi connectivity index (χ3n) is 7.19.